The van der Waals surface area contributed by atoms with Gasteiger partial charge in [0.25, 0.3) is 0 Å². The Balaban J connectivity index is 1.75. The van der Waals surface area contributed by atoms with Gasteiger partial charge in [-0.25, -0.2) is 9.18 Å². The molecule has 1 N–H and O–H groups in total. The number of fused-ring (bicyclic) bond motifs is 1. The number of ether oxygens (including phenoxy) is 1. The summed E-state index contributed by atoms with van der Waals surface area (Å²) in [5.74, 6) is 0. The highest BCUT2D eigenvalue weighted by Gasteiger charge is 2.34. The molecule has 3 rings (SSSR count). The number of halogens is 5. The number of nitrogens with one attached hydrogen (secondary N) is 1. The van der Waals surface area contributed by atoms with Crippen LogP contribution in [0.4, 0.5) is 28.0 Å². The third-order valence-electron chi connectivity index (χ3n) is 4.74. The molecule has 2 heterocycles. The van der Waals surface area contributed by atoms with E-state index in [0.717, 1.165) is 4.57 Å². The van der Waals surface area contributed by atoms with Gasteiger partial charge in [-0.1, -0.05) is 15.9 Å². The van der Waals surface area contributed by atoms with Crippen LogP contribution in [0.1, 0.15) is 27.2 Å². The molecule has 0 bridgehead atoms. The van der Waals surface area contributed by atoms with E-state index in [0.29, 0.717) is 34.0 Å². The second-order valence-electron chi connectivity index (χ2n) is 8.43. The number of benzene rings is 1. The van der Waals surface area contributed by atoms with Crippen molar-refractivity contribution in [3.8, 4) is 0 Å². The molecule has 1 saturated heterocycles. The van der Waals surface area contributed by atoms with Crippen molar-refractivity contribution in [1.29, 1.82) is 0 Å². The van der Waals surface area contributed by atoms with Crippen molar-refractivity contribution in [2.24, 2.45) is 0 Å². The van der Waals surface area contributed by atoms with Crippen molar-refractivity contribution in [3.05, 3.63) is 28.9 Å². The maximum atomic E-state index is 14.8. The van der Waals surface area contributed by atoms with Crippen molar-refractivity contribution >= 4 is 38.6 Å². The van der Waals surface area contributed by atoms with Crippen LogP contribution < -0.4 is 5.32 Å². The van der Waals surface area contributed by atoms with Gasteiger partial charge in [-0.2, -0.15) is 13.2 Å². The monoisotopic (exact) mass is 493 g/mol. The zero-order valence-corrected chi connectivity index (χ0v) is 18.5. The number of anilines is 1. The molecular formula is C20H24BrF4N3O2. The topological polar surface area (TPSA) is 46.5 Å². The van der Waals surface area contributed by atoms with E-state index in [9.17, 15) is 22.4 Å². The summed E-state index contributed by atoms with van der Waals surface area (Å²) in [7, 11) is 0. The number of alkyl halides is 4. The molecule has 1 fully saturated rings. The van der Waals surface area contributed by atoms with Gasteiger partial charge in [0.2, 0.25) is 0 Å². The number of aromatic nitrogens is 1. The fourth-order valence-electron chi connectivity index (χ4n) is 3.47. The molecule has 1 aliphatic rings. The van der Waals surface area contributed by atoms with E-state index in [2.05, 4.69) is 21.2 Å². The van der Waals surface area contributed by atoms with Gasteiger partial charge in [0.15, 0.2) is 0 Å². The smallest absolute Gasteiger partial charge is 0.410 e. The minimum absolute atomic E-state index is 0.112. The number of likely N-dealkylation sites (tertiary alicyclic amines) is 1. The lowest BCUT2D eigenvalue weighted by atomic mass is 10.0. The Labute approximate surface area is 180 Å². The standard InChI is InChI=1S/C20H24BrF4N3O2/c1-19(2,3)30-18(29)27-7-5-15(14(22)10-27)26-16-8-12(21)9-17-13(16)4-6-28(17)11-20(23,24)25/h4,6,8-9,14-15,26H,5,7,10-11H2,1-3H3. The van der Waals surface area contributed by atoms with Crippen LogP contribution in [0.3, 0.4) is 0 Å². The summed E-state index contributed by atoms with van der Waals surface area (Å²) in [6.45, 7) is 4.34. The van der Waals surface area contributed by atoms with Gasteiger partial charge in [-0.3, -0.25) is 0 Å². The molecule has 2 aromatic rings. The second kappa shape index (κ2) is 8.28. The number of carbonyl (C=O) groups excluding carboxylic acids is 1. The normalized spacial score (nSPS) is 20.5. The van der Waals surface area contributed by atoms with Crippen LogP contribution in [0.2, 0.25) is 0 Å². The van der Waals surface area contributed by atoms with Gasteiger partial charge in [-0.05, 0) is 45.4 Å². The van der Waals surface area contributed by atoms with E-state index in [1.807, 2.05) is 0 Å². The van der Waals surface area contributed by atoms with Gasteiger partial charge < -0.3 is 19.5 Å². The molecule has 0 aliphatic carbocycles. The van der Waals surface area contributed by atoms with Crippen molar-refractivity contribution in [2.75, 3.05) is 18.4 Å². The van der Waals surface area contributed by atoms with E-state index < -0.39 is 36.6 Å². The first-order chi connectivity index (χ1) is 13.8. The maximum absolute atomic E-state index is 14.8. The fourth-order valence-corrected chi connectivity index (χ4v) is 3.92. The highest BCUT2D eigenvalue weighted by molar-refractivity contribution is 9.10. The lowest BCUT2D eigenvalue weighted by molar-refractivity contribution is -0.139. The summed E-state index contributed by atoms with van der Waals surface area (Å²) >= 11 is 3.32. The molecule has 10 heteroatoms. The molecule has 0 saturated carbocycles. The third kappa shape index (κ3) is 5.59. The van der Waals surface area contributed by atoms with Crippen molar-refractivity contribution in [2.45, 2.75) is 57.7 Å². The average molecular weight is 494 g/mol. The molecule has 1 aliphatic heterocycles. The predicted molar refractivity (Wildman–Crippen MR) is 110 cm³/mol. The summed E-state index contributed by atoms with van der Waals surface area (Å²) in [4.78, 5) is 13.5. The van der Waals surface area contributed by atoms with Gasteiger partial charge in [0.05, 0.1) is 18.1 Å². The second-order valence-corrected chi connectivity index (χ2v) is 9.34. The molecule has 5 nitrogen and oxygen atoms in total. The predicted octanol–water partition coefficient (Wildman–Crippen LogP) is 5.73. The number of hydrogen-bond donors (Lipinski definition) is 1. The molecule has 0 spiro atoms. The first-order valence-electron chi connectivity index (χ1n) is 9.56. The Kier molecular flexibility index (Phi) is 6.27. The Morgan fingerprint density at radius 2 is 2.00 bits per heavy atom. The van der Waals surface area contributed by atoms with Crippen molar-refractivity contribution in [1.82, 2.24) is 9.47 Å². The molecule has 166 valence electrons. The maximum Gasteiger partial charge on any atom is 0.410 e. The number of hydrogen-bond acceptors (Lipinski definition) is 3. The van der Waals surface area contributed by atoms with E-state index in [-0.39, 0.29) is 6.54 Å². The summed E-state index contributed by atoms with van der Waals surface area (Å²) in [5.41, 5.74) is 0.271. The number of rotatable bonds is 3. The Morgan fingerprint density at radius 1 is 1.30 bits per heavy atom. The van der Waals surface area contributed by atoms with Crippen LogP contribution in [0.15, 0.2) is 28.9 Å². The SMILES string of the molecule is CC(C)(C)OC(=O)N1CCC(Nc2cc(Br)cc3c2ccn3CC(F)(F)F)C(F)C1. The Hall–Kier alpha value is -1.97. The summed E-state index contributed by atoms with van der Waals surface area (Å²) in [5, 5.41) is 3.69. The molecule has 0 radical (unpaired) electrons. The van der Waals surface area contributed by atoms with Crippen LogP contribution in [0, 0.1) is 0 Å². The minimum Gasteiger partial charge on any atom is -0.444 e. The third-order valence-corrected chi connectivity index (χ3v) is 5.20. The number of piperidine rings is 1. The Morgan fingerprint density at radius 3 is 2.60 bits per heavy atom. The molecular weight excluding hydrogens is 470 g/mol. The number of carbonyl (C=O) groups is 1. The van der Waals surface area contributed by atoms with Crippen LogP contribution in [-0.2, 0) is 11.3 Å². The lowest BCUT2D eigenvalue weighted by Crippen LogP contribution is -2.51. The molecule has 1 amide bonds. The summed E-state index contributed by atoms with van der Waals surface area (Å²) in [6, 6.07) is 4.32. The zero-order chi connectivity index (χ0) is 22.3. The number of amides is 1. The first-order valence-corrected chi connectivity index (χ1v) is 10.4. The highest BCUT2D eigenvalue weighted by Crippen LogP contribution is 2.33. The van der Waals surface area contributed by atoms with Crippen LogP contribution >= 0.6 is 15.9 Å². The van der Waals surface area contributed by atoms with E-state index in [1.165, 1.54) is 11.1 Å². The molecule has 2 atom stereocenters. The number of nitrogens with zero attached hydrogens (tertiary/aromatic N) is 2. The van der Waals surface area contributed by atoms with Crippen LogP contribution in [0.25, 0.3) is 10.9 Å². The van der Waals surface area contributed by atoms with Crippen LogP contribution in [-0.4, -0.2) is 52.6 Å². The van der Waals surface area contributed by atoms with Crippen molar-refractivity contribution < 1.29 is 27.1 Å². The van der Waals surface area contributed by atoms with E-state index in [4.69, 9.17) is 4.74 Å². The van der Waals surface area contributed by atoms with Gasteiger partial charge in [-0.15, -0.1) is 0 Å². The van der Waals surface area contributed by atoms with Gasteiger partial charge >= 0.3 is 12.3 Å². The largest absolute Gasteiger partial charge is 0.444 e. The zero-order valence-electron chi connectivity index (χ0n) is 16.9. The molecule has 30 heavy (non-hydrogen) atoms. The lowest BCUT2D eigenvalue weighted by Gasteiger charge is -2.36. The summed E-state index contributed by atoms with van der Waals surface area (Å²) < 4.78 is 60.3. The van der Waals surface area contributed by atoms with Crippen LogP contribution in [0.5, 0.6) is 0 Å². The van der Waals surface area contributed by atoms with E-state index in [1.54, 1.807) is 39.0 Å². The molecule has 1 aromatic carbocycles. The first kappa shape index (κ1) is 22.7. The summed E-state index contributed by atoms with van der Waals surface area (Å²) in [6.07, 6.45) is -4.54. The van der Waals surface area contributed by atoms with Gasteiger partial charge in [0.1, 0.15) is 18.3 Å². The highest BCUT2D eigenvalue weighted by atomic mass is 79.9. The van der Waals surface area contributed by atoms with Crippen molar-refractivity contribution in [3.63, 3.8) is 0 Å². The quantitative estimate of drug-likeness (QED) is 0.555. The Bertz CT molecular complexity index is 923. The molecule has 2 unspecified atom stereocenters. The molecule has 1 aromatic heterocycles. The fraction of sp³-hybridized carbons (Fsp3) is 0.550. The van der Waals surface area contributed by atoms with E-state index >= 15 is 0 Å². The average Bonchev–Trinajstić information content (AvgIpc) is 2.96. The van der Waals surface area contributed by atoms with Gasteiger partial charge in [0, 0.05) is 28.3 Å². The minimum atomic E-state index is -4.35.